The fourth-order valence-electron chi connectivity index (χ4n) is 9.77. The Bertz CT molecular complexity index is 2170. The first-order valence-electron chi connectivity index (χ1n) is 17.0. The number of hydrogen-bond donors (Lipinski definition) is 0. The molecule has 3 aromatic carbocycles. The topological polar surface area (TPSA) is 26.6 Å². The number of fused-ring (bicyclic) bond motifs is 10. The van der Waals surface area contributed by atoms with E-state index in [-0.39, 0.29) is 36.1 Å². The first kappa shape index (κ1) is 26.1. The Balaban J connectivity index is 1.13. The highest BCUT2D eigenvalue weighted by molar-refractivity contribution is 6.67. The van der Waals surface area contributed by atoms with Crippen LogP contribution >= 0.6 is 0 Å². The van der Waals surface area contributed by atoms with Crippen LogP contribution in [0.4, 0.5) is 5.69 Å². The number of rotatable bonds is 2. The zero-order valence-electron chi connectivity index (χ0n) is 25.8. The van der Waals surface area contributed by atoms with E-state index in [4.69, 9.17) is 9.47 Å². The average molecular weight is 609 g/mol. The molecule has 0 saturated carbocycles. The van der Waals surface area contributed by atoms with Gasteiger partial charge in [-0.1, -0.05) is 103 Å². The van der Waals surface area contributed by atoms with Crippen LogP contribution in [0, 0.1) is 5.92 Å². The number of nitrogens with zero attached hydrogens (tertiary/aromatic N) is 2. The first-order chi connectivity index (χ1) is 23.3. The van der Waals surface area contributed by atoms with Crippen molar-refractivity contribution >= 4 is 39.9 Å². The van der Waals surface area contributed by atoms with Gasteiger partial charge in [0.1, 0.15) is 11.9 Å². The van der Waals surface area contributed by atoms with E-state index in [9.17, 15) is 0 Å². The molecule has 0 N–H and O–H groups in total. The van der Waals surface area contributed by atoms with Crippen molar-refractivity contribution < 1.29 is 9.47 Å². The zero-order valence-corrected chi connectivity index (χ0v) is 25.8. The van der Waals surface area contributed by atoms with Gasteiger partial charge in [0.15, 0.2) is 6.71 Å². The van der Waals surface area contributed by atoms with Crippen LogP contribution in [-0.4, -0.2) is 35.6 Å². The third-order valence-corrected chi connectivity index (χ3v) is 11.6. The molecule has 8 unspecified atom stereocenters. The van der Waals surface area contributed by atoms with Crippen LogP contribution in [0.5, 0.6) is 0 Å². The molecular formula is C42H33BN2O2. The minimum absolute atomic E-state index is 0.0151. The van der Waals surface area contributed by atoms with Gasteiger partial charge in [-0.05, 0) is 65.8 Å². The van der Waals surface area contributed by atoms with E-state index in [0.29, 0.717) is 18.3 Å². The van der Waals surface area contributed by atoms with E-state index in [1.165, 1.54) is 44.5 Å². The van der Waals surface area contributed by atoms with Crippen LogP contribution in [0.25, 0.3) is 27.5 Å². The quantitative estimate of drug-likeness (QED) is 0.213. The van der Waals surface area contributed by atoms with Gasteiger partial charge in [-0.2, -0.15) is 0 Å². The predicted octanol–water partition coefficient (Wildman–Crippen LogP) is 8.89. The van der Waals surface area contributed by atoms with Gasteiger partial charge in [-0.25, -0.2) is 0 Å². The molecule has 0 amide bonds. The summed E-state index contributed by atoms with van der Waals surface area (Å²) in [7, 11) is 0. The number of ether oxygens (including phenoxy) is 2. The van der Waals surface area contributed by atoms with Crippen molar-refractivity contribution in [2.75, 3.05) is 4.90 Å². The maximum Gasteiger partial charge on any atom is 0.179 e. The summed E-state index contributed by atoms with van der Waals surface area (Å²) in [6.45, 7) is 0.389. The molecule has 5 heteroatoms. The third-order valence-electron chi connectivity index (χ3n) is 11.6. The monoisotopic (exact) mass is 608 g/mol. The molecule has 7 aliphatic rings. The average Bonchev–Trinajstić information content (AvgIpc) is 3.64. The van der Waals surface area contributed by atoms with Crippen LogP contribution < -0.4 is 4.90 Å². The number of aromatic nitrogens is 1. The van der Waals surface area contributed by atoms with Gasteiger partial charge in [-0.15, -0.1) is 0 Å². The normalized spacial score (nSPS) is 32.4. The second kappa shape index (κ2) is 9.76. The van der Waals surface area contributed by atoms with Crippen molar-refractivity contribution in [3.63, 3.8) is 0 Å². The number of para-hydroxylation sites is 3. The first-order valence-corrected chi connectivity index (χ1v) is 17.0. The van der Waals surface area contributed by atoms with Gasteiger partial charge < -0.3 is 18.9 Å². The lowest BCUT2D eigenvalue weighted by Crippen LogP contribution is -2.56. The molecule has 47 heavy (non-hydrogen) atoms. The zero-order chi connectivity index (χ0) is 30.6. The molecule has 0 radical (unpaired) electrons. The Morgan fingerprint density at radius 1 is 0.617 bits per heavy atom. The molecule has 226 valence electrons. The summed E-state index contributed by atoms with van der Waals surface area (Å²) in [4.78, 5) is 2.57. The summed E-state index contributed by atoms with van der Waals surface area (Å²) in [5, 5.41) is 2.56. The summed E-state index contributed by atoms with van der Waals surface area (Å²) in [5.41, 5.74) is 7.42. The van der Waals surface area contributed by atoms with Crippen molar-refractivity contribution in [2.24, 2.45) is 5.92 Å². The van der Waals surface area contributed by atoms with Crippen molar-refractivity contribution in [1.82, 2.24) is 4.57 Å². The van der Waals surface area contributed by atoms with Crippen LogP contribution in [0.15, 0.2) is 169 Å². The molecule has 4 nitrogen and oxygen atoms in total. The molecule has 0 spiro atoms. The summed E-state index contributed by atoms with van der Waals surface area (Å²) in [5.74, 6) is 2.07. The summed E-state index contributed by atoms with van der Waals surface area (Å²) in [6, 6.07) is 28.6. The molecule has 1 aromatic heterocycles. The van der Waals surface area contributed by atoms with E-state index in [1.807, 2.05) is 0 Å². The fraction of sp³-hybridized carbons (Fsp3) is 0.190. The Morgan fingerprint density at radius 3 is 2.04 bits per heavy atom. The lowest BCUT2D eigenvalue weighted by molar-refractivity contribution is 0.00151. The molecule has 3 saturated heterocycles. The third kappa shape index (κ3) is 3.58. The number of anilines is 1. The molecular weight excluding hydrogens is 575 g/mol. The minimum atomic E-state index is -0.0288. The highest BCUT2D eigenvalue weighted by Crippen LogP contribution is 2.60. The van der Waals surface area contributed by atoms with E-state index >= 15 is 0 Å². The molecule has 0 bridgehead atoms. The van der Waals surface area contributed by atoms with Crippen molar-refractivity contribution in [1.29, 1.82) is 0 Å². The second-order valence-corrected chi connectivity index (χ2v) is 13.8. The Labute approximate surface area is 274 Å². The van der Waals surface area contributed by atoms with E-state index in [0.717, 1.165) is 5.76 Å². The summed E-state index contributed by atoms with van der Waals surface area (Å²) in [6.07, 6.45) is 27.8. The van der Waals surface area contributed by atoms with Crippen molar-refractivity contribution in [2.45, 2.75) is 41.8 Å². The predicted molar refractivity (Wildman–Crippen MR) is 191 cm³/mol. The molecule has 3 aliphatic heterocycles. The van der Waals surface area contributed by atoms with Gasteiger partial charge in [0.05, 0.1) is 35.0 Å². The van der Waals surface area contributed by atoms with Crippen LogP contribution in [0.2, 0.25) is 17.5 Å². The summed E-state index contributed by atoms with van der Waals surface area (Å²) >= 11 is 0. The summed E-state index contributed by atoms with van der Waals surface area (Å²) < 4.78 is 16.6. The number of hydrogen-bond acceptors (Lipinski definition) is 3. The van der Waals surface area contributed by atoms with Crippen LogP contribution in [-0.2, 0) is 9.47 Å². The molecule has 4 aromatic rings. The second-order valence-electron chi connectivity index (χ2n) is 13.8. The van der Waals surface area contributed by atoms with Gasteiger partial charge in [0.2, 0.25) is 0 Å². The van der Waals surface area contributed by atoms with Gasteiger partial charge in [-0.3, -0.25) is 0 Å². The minimum Gasteiger partial charge on any atom is -0.489 e. The van der Waals surface area contributed by atoms with E-state index in [2.05, 4.69) is 161 Å². The number of benzene rings is 3. The highest BCUT2D eigenvalue weighted by Gasteiger charge is 2.60. The molecule has 11 rings (SSSR count). The molecule has 4 heterocycles. The molecule has 4 aliphatic carbocycles. The van der Waals surface area contributed by atoms with E-state index < -0.39 is 0 Å². The fourth-order valence-corrected chi connectivity index (χ4v) is 9.77. The largest absolute Gasteiger partial charge is 0.489 e. The van der Waals surface area contributed by atoms with Crippen LogP contribution in [0.1, 0.15) is 0 Å². The Hall–Kier alpha value is -5.00. The van der Waals surface area contributed by atoms with Crippen molar-refractivity contribution in [3.05, 3.63) is 169 Å². The lowest BCUT2D eigenvalue weighted by Gasteiger charge is -2.53. The maximum absolute atomic E-state index is 7.18. The maximum atomic E-state index is 7.18. The van der Waals surface area contributed by atoms with Crippen LogP contribution in [0.3, 0.4) is 0 Å². The smallest absolute Gasteiger partial charge is 0.179 e. The number of allylic oxidation sites excluding steroid dienone is 7. The van der Waals surface area contributed by atoms with E-state index in [1.54, 1.807) is 0 Å². The van der Waals surface area contributed by atoms with Gasteiger partial charge >= 0.3 is 0 Å². The Morgan fingerprint density at radius 2 is 1.28 bits per heavy atom. The Kier molecular flexibility index (Phi) is 5.42. The van der Waals surface area contributed by atoms with Gasteiger partial charge in [0, 0.05) is 33.9 Å². The highest BCUT2D eigenvalue weighted by atomic mass is 16.5. The van der Waals surface area contributed by atoms with Crippen molar-refractivity contribution in [3.8, 4) is 0 Å². The van der Waals surface area contributed by atoms with Gasteiger partial charge in [0.25, 0.3) is 0 Å². The molecule has 3 fully saturated rings. The SMILES string of the molecule is C1=CC2OC3=C4C(=CC5OC6C=CC=CC6B(C2C=C1)C35)C1C=CC(n2c3ccccc3c3ccccc32)=CC1N4c1ccccc1. The molecule has 8 atom stereocenters. The lowest BCUT2D eigenvalue weighted by atomic mass is 9.23. The standard InChI is InChI=1S/C42H33BN2O2/c1-2-12-26(13-3-1)45-36-24-27(44-34-18-8-4-14-28(34)29-15-5-9-19-35(29)44)22-23-30(36)31-25-39-40-42(41(31)45)47-38-21-11-7-17-33(38)43(40)32-16-6-10-20-37(32)46-39/h1-25,30,32-33,36-40H.